The van der Waals surface area contributed by atoms with Gasteiger partial charge in [-0.3, -0.25) is 0 Å². The highest BCUT2D eigenvalue weighted by Gasteiger charge is 2.06. The molecule has 0 spiro atoms. The second kappa shape index (κ2) is 5.42. The van der Waals surface area contributed by atoms with E-state index in [2.05, 4.69) is 0 Å². The van der Waals surface area contributed by atoms with Gasteiger partial charge in [0.2, 0.25) is 0 Å². The van der Waals surface area contributed by atoms with Crippen molar-refractivity contribution in [2.45, 2.75) is 11.8 Å². The Balaban J connectivity index is 2.42. The van der Waals surface area contributed by atoms with Crippen LogP contribution in [-0.2, 0) is 9.84 Å². The van der Waals surface area contributed by atoms with E-state index in [0.717, 1.165) is 4.90 Å². The van der Waals surface area contributed by atoms with E-state index in [-0.39, 0.29) is 17.3 Å². The lowest BCUT2D eigenvalue weighted by molar-refractivity contribution is 0.475. The molecule has 1 aromatic carbocycles. The quantitative estimate of drug-likeness (QED) is 0.806. The lowest BCUT2D eigenvalue weighted by Crippen LogP contribution is -2.10. The zero-order valence-electron chi connectivity index (χ0n) is 8.51. The van der Waals surface area contributed by atoms with Gasteiger partial charge in [-0.1, -0.05) is 6.92 Å². The van der Waals surface area contributed by atoms with Crippen LogP contribution in [0.25, 0.3) is 0 Å². The molecule has 0 aliphatic carbocycles. The summed E-state index contributed by atoms with van der Waals surface area (Å²) < 4.78 is 22.4. The average molecular weight is 246 g/mol. The van der Waals surface area contributed by atoms with E-state index in [1.165, 1.54) is 11.8 Å². The Kier molecular flexibility index (Phi) is 4.47. The molecule has 0 heterocycles. The highest BCUT2D eigenvalue weighted by atomic mass is 32.2. The molecule has 0 unspecified atom stereocenters. The first-order valence-corrected chi connectivity index (χ1v) is 7.46. The van der Waals surface area contributed by atoms with Crippen molar-refractivity contribution in [3.8, 4) is 5.75 Å². The Morgan fingerprint density at radius 2 is 1.87 bits per heavy atom. The molecule has 0 fully saturated rings. The Morgan fingerprint density at radius 1 is 1.27 bits per heavy atom. The monoisotopic (exact) mass is 246 g/mol. The zero-order valence-corrected chi connectivity index (χ0v) is 10.1. The number of phenols is 1. The third-order valence-corrected chi connectivity index (χ3v) is 4.92. The van der Waals surface area contributed by atoms with Gasteiger partial charge in [-0.25, -0.2) is 8.42 Å². The van der Waals surface area contributed by atoms with Gasteiger partial charge in [0, 0.05) is 16.4 Å². The second-order valence-corrected chi connectivity index (χ2v) is 6.72. The lowest BCUT2D eigenvalue weighted by atomic mass is 10.3. The van der Waals surface area contributed by atoms with Gasteiger partial charge in [0.25, 0.3) is 0 Å². The molecule has 0 bridgehead atoms. The van der Waals surface area contributed by atoms with Gasteiger partial charge < -0.3 is 5.11 Å². The molecule has 0 saturated carbocycles. The molecule has 1 N–H and O–H groups in total. The van der Waals surface area contributed by atoms with E-state index >= 15 is 0 Å². The molecule has 1 rings (SSSR count). The van der Waals surface area contributed by atoms with Gasteiger partial charge in [0.15, 0.2) is 9.84 Å². The van der Waals surface area contributed by atoms with Gasteiger partial charge in [0.05, 0.1) is 5.75 Å². The molecule has 0 aromatic heterocycles. The predicted octanol–water partition coefficient (Wildman–Crippen LogP) is 1.92. The number of hydrogen-bond donors (Lipinski definition) is 1. The number of aromatic hydroxyl groups is 1. The molecule has 5 heteroatoms. The van der Waals surface area contributed by atoms with E-state index in [1.54, 1.807) is 31.2 Å². The van der Waals surface area contributed by atoms with Crippen LogP contribution < -0.4 is 0 Å². The summed E-state index contributed by atoms with van der Waals surface area (Å²) in [5, 5.41) is 9.04. The van der Waals surface area contributed by atoms with Crippen LogP contribution in [0.4, 0.5) is 0 Å². The third-order valence-electron chi connectivity index (χ3n) is 1.94. The summed E-state index contributed by atoms with van der Waals surface area (Å²) in [4.78, 5) is 0.971. The first kappa shape index (κ1) is 12.4. The number of hydrogen-bond acceptors (Lipinski definition) is 4. The van der Waals surface area contributed by atoms with Gasteiger partial charge in [-0.05, 0) is 24.3 Å². The first-order valence-electron chi connectivity index (χ1n) is 4.66. The second-order valence-electron chi connectivity index (χ2n) is 3.08. The Labute approximate surface area is 94.4 Å². The van der Waals surface area contributed by atoms with Crippen LogP contribution in [0, 0.1) is 0 Å². The summed E-state index contributed by atoms with van der Waals surface area (Å²) in [5.74, 6) is 1.18. The van der Waals surface area contributed by atoms with Crippen molar-refractivity contribution in [1.82, 2.24) is 0 Å². The summed E-state index contributed by atoms with van der Waals surface area (Å²) in [6, 6.07) is 6.74. The smallest absolute Gasteiger partial charge is 0.150 e. The fraction of sp³-hybridized carbons (Fsp3) is 0.400. The van der Waals surface area contributed by atoms with E-state index in [0.29, 0.717) is 5.75 Å². The van der Waals surface area contributed by atoms with Crippen LogP contribution in [0.1, 0.15) is 6.92 Å². The van der Waals surface area contributed by atoms with E-state index in [9.17, 15) is 8.42 Å². The number of benzene rings is 1. The zero-order chi connectivity index (χ0) is 11.3. The largest absolute Gasteiger partial charge is 0.508 e. The van der Waals surface area contributed by atoms with Gasteiger partial charge >= 0.3 is 0 Å². The highest BCUT2D eigenvalue weighted by Crippen LogP contribution is 2.20. The number of sulfone groups is 1. The van der Waals surface area contributed by atoms with Crippen molar-refractivity contribution < 1.29 is 13.5 Å². The number of thioether (sulfide) groups is 1. The van der Waals surface area contributed by atoms with E-state index in [1.807, 2.05) is 0 Å². The number of phenolic OH excluding ortho intramolecular Hbond substituents is 1. The van der Waals surface area contributed by atoms with Crippen molar-refractivity contribution >= 4 is 21.6 Å². The lowest BCUT2D eigenvalue weighted by Gasteiger charge is -2.02. The summed E-state index contributed by atoms with van der Waals surface area (Å²) >= 11 is 1.48. The molecule has 0 atom stereocenters. The van der Waals surface area contributed by atoms with Gasteiger partial charge in [-0.15, -0.1) is 11.8 Å². The van der Waals surface area contributed by atoms with Crippen molar-refractivity contribution in [2.75, 3.05) is 17.3 Å². The van der Waals surface area contributed by atoms with Crippen molar-refractivity contribution in [3.05, 3.63) is 24.3 Å². The summed E-state index contributed by atoms with van der Waals surface area (Å²) in [6.07, 6.45) is 0. The van der Waals surface area contributed by atoms with Crippen LogP contribution >= 0.6 is 11.8 Å². The van der Waals surface area contributed by atoms with Crippen LogP contribution in [-0.4, -0.2) is 30.8 Å². The maximum Gasteiger partial charge on any atom is 0.150 e. The summed E-state index contributed by atoms with van der Waals surface area (Å²) in [5.41, 5.74) is 0. The van der Waals surface area contributed by atoms with Gasteiger partial charge in [0.1, 0.15) is 5.75 Å². The van der Waals surface area contributed by atoms with Crippen molar-refractivity contribution in [3.63, 3.8) is 0 Å². The molecule has 0 amide bonds. The summed E-state index contributed by atoms with van der Waals surface area (Å²) in [6.45, 7) is 1.65. The topological polar surface area (TPSA) is 54.4 Å². The maximum atomic E-state index is 11.2. The fourth-order valence-electron chi connectivity index (χ4n) is 0.973. The molecule has 1 aromatic rings. The minimum atomic E-state index is -2.87. The Bertz CT molecular complexity index is 395. The first-order chi connectivity index (χ1) is 7.03. The summed E-state index contributed by atoms with van der Waals surface area (Å²) in [7, 11) is -2.87. The normalized spacial score (nSPS) is 11.5. The van der Waals surface area contributed by atoms with Crippen LogP contribution in [0.5, 0.6) is 5.75 Å². The van der Waals surface area contributed by atoms with Crippen LogP contribution in [0.15, 0.2) is 29.2 Å². The molecule has 84 valence electrons. The molecule has 0 aliphatic heterocycles. The minimum Gasteiger partial charge on any atom is -0.508 e. The fourth-order valence-corrected chi connectivity index (χ4v) is 3.18. The molecule has 0 aliphatic rings. The van der Waals surface area contributed by atoms with E-state index in [4.69, 9.17) is 5.11 Å². The van der Waals surface area contributed by atoms with Crippen LogP contribution in [0.2, 0.25) is 0 Å². The van der Waals surface area contributed by atoms with Crippen LogP contribution in [0.3, 0.4) is 0 Å². The Hall–Kier alpha value is -0.680. The predicted molar refractivity (Wildman–Crippen MR) is 63.2 cm³/mol. The third kappa shape index (κ3) is 4.57. The van der Waals surface area contributed by atoms with E-state index < -0.39 is 9.84 Å². The molecule has 15 heavy (non-hydrogen) atoms. The molecular formula is C10H14O3S2. The average Bonchev–Trinajstić information content (AvgIpc) is 2.21. The van der Waals surface area contributed by atoms with Crippen molar-refractivity contribution in [2.24, 2.45) is 0 Å². The molecular weight excluding hydrogens is 232 g/mol. The number of rotatable bonds is 5. The van der Waals surface area contributed by atoms with Gasteiger partial charge in [-0.2, -0.15) is 0 Å². The minimum absolute atomic E-state index is 0.198. The molecule has 3 nitrogen and oxygen atoms in total. The maximum absolute atomic E-state index is 11.2. The standard InChI is InChI=1S/C10H14O3S2/c1-2-15(12,13)8-7-14-10-5-3-9(11)4-6-10/h3-6,11H,2,7-8H2,1H3. The highest BCUT2D eigenvalue weighted by molar-refractivity contribution is 8.00. The van der Waals surface area contributed by atoms with Crippen molar-refractivity contribution in [1.29, 1.82) is 0 Å². The molecule has 0 radical (unpaired) electrons. The SMILES string of the molecule is CCS(=O)(=O)CCSc1ccc(O)cc1. The molecule has 0 saturated heterocycles. The Morgan fingerprint density at radius 3 is 2.40 bits per heavy atom.